The quantitative estimate of drug-likeness (QED) is 0.212. The molecule has 1 aliphatic heterocycles. The van der Waals surface area contributed by atoms with Gasteiger partial charge in [-0.05, 0) is 70.7 Å². The smallest absolute Gasteiger partial charge is 0.0737 e. The van der Waals surface area contributed by atoms with E-state index in [0.29, 0.717) is 0 Å². The van der Waals surface area contributed by atoms with Crippen molar-refractivity contribution in [2.45, 2.75) is 66.2 Å². The summed E-state index contributed by atoms with van der Waals surface area (Å²) in [5, 5.41) is 0. The first-order valence-corrected chi connectivity index (χ1v) is 16.0. The van der Waals surface area contributed by atoms with Crippen molar-refractivity contribution >= 4 is 17.4 Å². The van der Waals surface area contributed by atoms with Gasteiger partial charge in [0.1, 0.15) is 0 Å². The van der Waals surface area contributed by atoms with Crippen LogP contribution in [0.1, 0.15) is 80.6 Å². The molecule has 226 valence electrons. The Labute approximate surface area is 269 Å². The molecular formula is C43H44N2. The van der Waals surface area contributed by atoms with Crippen molar-refractivity contribution in [1.82, 2.24) is 4.98 Å². The minimum atomic E-state index is 0.106. The first-order valence-electron chi connectivity index (χ1n) is 16.0. The van der Waals surface area contributed by atoms with Crippen LogP contribution in [0.5, 0.6) is 0 Å². The zero-order valence-corrected chi connectivity index (χ0v) is 27.9. The number of H-pyrrole nitrogens is 1. The Balaban J connectivity index is 1.48. The molecule has 0 aliphatic carbocycles. The molecule has 0 unspecified atom stereocenters. The third kappa shape index (κ3) is 6.56. The summed E-state index contributed by atoms with van der Waals surface area (Å²) in [7, 11) is 0. The van der Waals surface area contributed by atoms with E-state index in [9.17, 15) is 0 Å². The maximum Gasteiger partial charge on any atom is 0.0737 e. The number of aromatic amines is 1. The average molecular weight is 589 g/mol. The number of hydrogen-bond acceptors (Lipinski definition) is 1. The molecule has 0 fully saturated rings. The highest BCUT2D eigenvalue weighted by Gasteiger charge is 2.21. The second kappa shape index (κ2) is 11.7. The van der Waals surface area contributed by atoms with Gasteiger partial charge in [0.15, 0.2) is 0 Å². The van der Waals surface area contributed by atoms with E-state index < -0.39 is 0 Å². The van der Waals surface area contributed by atoms with E-state index in [1.165, 1.54) is 44.5 Å². The van der Waals surface area contributed by atoms with Gasteiger partial charge in [0, 0.05) is 28.1 Å². The standard InChI is InChI=1S/C43H44N2/c1-28-9-13-30(14-10-28)36-25-38(32-17-21-34(22-18-32)42(3,4)5)44-40(36)27-41-37(31-15-11-29(2)12-16-31)26-39(45-41)33-19-23-35(24-20-33)43(6,7)8/h9-27,44H,1-8H3/b41-27-. The van der Waals surface area contributed by atoms with Crippen molar-refractivity contribution in [3.63, 3.8) is 0 Å². The van der Waals surface area contributed by atoms with E-state index in [-0.39, 0.29) is 10.8 Å². The van der Waals surface area contributed by atoms with Crippen LogP contribution in [-0.2, 0) is 10.8 Å². The number of nitrogens with one attached hydrogen (secondary N) is 1. The van der Waals surface area contributed by atoms with E-state index in [0.717, 1.165) is 33.9 Å². The molecule has 0 saturated heterocycles. The van der Waals surface area contributed by atoms with E-state index in [4.69, 9.17) is 4.99 Å². The van der Waals surface area contributed by atoms with Crippen LogP contribution in [0, 0.1) is 13.8 Å². The van der Waals surface area contributed by atoms with Gasteiger partial charge in [-0.3, -0.25) is 0 Å². The van der Waals surface area contributed by atoms with Crippen molar-refractivity contribution in [3.8, 4) is 22.4 Å². The average Bonchev–Trinajstić information content (AvgIpc) is 3.62. The summed E-state index contributed by atoms with van der Waals surface area (Å²) < 4.78 is 0. The first-order chi connectivity index (χ1) is 21.3. The summed E-state index contributed by atoms with van der Waals surface area (Å²) >= 11 is 0. The molecule has 2 heterocycles. The summed E-state index contributed by atoms with van der Waals surface area (Å²) in [6.45, 7) is 17.8. The Kier molecular flexibility index (Phi) is 7.87. The maximum atomic E-state index is 5.26. The van der Waals surface area contributed by atoms with Gasteiger partial charge in [-0.25, -0.2) is 4.99 Å². The lowest BCUT2D eigenvalue weighted by molar-refractivity contribution is 0.590. The highest BCUT2D eigenvalue weighted by Crippen LogP contribution is 2.37. The zero-order valence-electron chi connectivity index (χ0n) is 27.9. The van der Waals surface area contributed by atoms with Crippen LogP contribution in [0.4, 0.5) is 0 Å². The van der Waals surface area contributed by atoms with Crippen LogP contribution in [0.2, 0.25) is 0 Å². The largest absolute Gasteiger partial charge is 0.354 e. The second-order valence-electron chi connectivity index (χ2n) is 14.5. The van der Waals surface area contributed by atoms with E-state index >= 15 is 0 Å². The zero-order chi connectivity index (χ0) is 31.9. The lowest BCUT2D eigenvalue weighted by Gasteiger charge is -2.19. The minimum Gasteiger partial charge on any atom is -0.354 e. The molecule has 5 aromatic rings. The van der Waals surface area contributed by atoms with Crippen molar-refractivity contribution in [3.05, 3.63) is 154 Å². The third-order valence-corrected chi connectivity index (χ3v) is 8.76. The molecular weight excluding hydrogens is 544 g/mol. The second-order valence-corrected chi connectivity index (χ2v) is 14.5. The number of aliphatic imine (C=N–C) groups is 1. The number of hydrogen-bond donors (Lipinski definition) is 1. The van der Waals surface area contributed by atoms with Crippen LogP contribution in [0.3, 0.4) is 0 Å². The molecule has 45 heavy (non-hydrogen) atoms. The van der Waals surface area contributed by atoms with E-state index in [1.54, 1.807) is 0 Å². The molecule has 2 nitrogen and oxygen atoms in total. The summed E-state index contributed by atoms with van der Waals surface area (Å²) in [6.07, 6.45) is 4.47. The van der Waals surface area contributed by atoms with Gasteiger partial charge < -0.3 is 4.98 Å². The van der Waals surface area contributed by atoms with Crippen molar-refractivity contribution < 1.29 is 0 Å². The van der Waals surface area contributed by atoms with Gasteiger partial charge in [0.05, 0.1) is 11.4 Å². The molecule has 1 aliphatic rings. The molecule has 0 saturated carbocycles. The topological polar surface area (TPSA) is 28.1 Å². The molecule has 0 spiro atoms. The number of allylic oxidation sites excluding steroid dienone is 2. The summed E-state index contributed by atoms with van der Waals surface area (Å²) in [6, 6.07) is 37.7. The summed E-state index contributed by atoms with van der Waals surface area (Å²) in [4.78, 5) is 9.04. The monoisotopic (exact) mass is 588 g/mol. The molecule has 2 heteroatoms. The molecule has 1 aromatic heterocycles. The lowest BCUT2D eigenvalue weighted by atomic mass is 9.86. The van der Waals surface area contributed by atoms with Crippen molar-refractivity contribution in [2.75, 3.05) is 0 Å². The Morgan fingerprint density at radius 3 is 1.53 bits per heavy atom. The van der Waals surface area contributed by atoms with Gasteiger partial charge >= 0.3 is 0 Å². The Morgan fingerprint density at radius 1 is 0.556 bits per heavy atom. The van der Waals surface area contributed by atoms with Gasteiger partial charge in [0.25, 0.3) is 0 Å². The van der Waals surface area contributed by atoms with Gasteiger partial charge in [0.2, 0.25) is 0 Å². The van der Waals surface area contributed by atoms with Crippen molar-refractivity contribution in [1.29, 1.82) is 0 Å². The lowest BCUT2D eigenvalue weighted by Crippen LogP contribution is -2.11. The fourth-order valence-corrected chi connectivity index (χ4v) is 5.79. The Bertz CT molecular complexity index is 1910. The van der Waals surface area contributed by atoms with Gasteiger partial charge in [-0.15, -0.1) is 0 Å². The molecule has 1 N–H and O–H groups in total. The van der Waals surface area contributed by atoms with E-state index in [1.807, 2.05) is 0 Å². The third-order valence-electron chi connectivity index (χ3n) is 8.76. The Morgan fingerprint density at radius 2 is 1.02 bits per heavy atom. The van der Waals surface area contributed by atoms with Crippen LogP contribution < -0.4 is 0 Å². The van der Waals surface area contributed by atoms with Crippen molar-refractivity contribution in [2.24, 2.45) is 4.99 Å². The summed E-state index contributed by atoms with van der Waals surface area (Å²) in [5.74, 6) is 0. The highest BCUT2D eigenvalue weighted by molar-refractivity contribution is 6.18. The number of nitrogens with zero attached hydrogens (tertiary/aromatic N) is 1. The van der Waals surface area contributed by atoms with Crippen LogP contribution in [0.15, 0.2) is 120 Å². The normalized spacial score (nSPS) is 14.5. The number of benzene rings is 4. The predicted molar refractivity (Wildman–Crippen MR) is 194 cm³/mol. The molecule has 6 rings (SSSR count). The van der Waals surface area contributed by atoms with Crippen LogP contribution in [-0.4, -0.2) is 10.7 Å². The SMILES string of the molecule is Cc1ccc(C2=CC(c3ccc(C(C)(C)C)cc3)=N/C2=C\c2[nH]c(-c3ccc(C(C)(C)C)cc3)cc2-c2ccc(C)cc2)cc1. The highest BCUT2D eigenvalue weighted by atomic mass is 14.8. The first kappa shape index (κ1) is 30.3. The predicted octanol–water partition coefficient (Wildman–Crippen LogP) is 11.5. The Hall–Kier alpha value is -4.69. The van der Waals surface area contributed by atoms with Gasteiger partial charge in [-0.1, -0.05) is 150 Å². The van der Waals surface area contributed by atoms with Crippen LogP contribution >= 0.6 is 0 Å². The van der Waals surface area contributed by atoms with Gasteiger partial charge in [-0.2, -0.15) is 0 Å². The van der Waals surface area contributed by atoms with E-state index in [2.05, 4.69) is 176 Å². The molecule has 0 bridgehead atoms. The number of aromatic nitrogens is 1. The molecule has 0 amide bonds. The minimum absolute atomic E-state index is 0.106. The number of aryl methyl sites for hydroxylation is 2. The maximum absolute atomic E-state index is 5.26. The fraction of sp³-hybridized carbons (Fsp3) is 0.233. The molecule has 4 aromatic carbocycles. The van der Waals surface area contributed by atoms with Crippen LogP contribution in [0.25, 0.3) is 34.0 Å². The molecule has 0 radical (unpaired) electrons. The number of rotatable bonds is 5. The molecule has 0 atom stereocenters. The summed E-state index contributed by atoms with van der Waals surface area (Å²) in [5.41, 5.74) is 16.4. The fourth-order valence-electron chi connectivity index (χ4n) is 5.79.